The molecule has 0 bridgehead atoms. The van der Waals surface area contributed by atoms with Crippen LogP contribution in [0.15, 0.2) is 48.7 Å². The van der Waals surface area contributed by atoms with Gasteiger partial charge in [0.1, 0.15) is 17.1 Å². The van der Waals surface area contributed by atoms with Gasteiger partial charge in [-0.25, -0.2) is 4.79 Å². The predicted octanol–water partition coefficient (Wildman–Crippen LogP) is 4.68. The maximum Gasteiger partial charge on any atom is 0.417 e. The first-order valence-corrected chi connectivity index (χ1v) is 6.55. The third-order valence-electron chi connectivity index (χ3n) is 3.30. The Morgan fingerprint density at radius 3 is 2.61 bits per heavy atom. The SMILES string of the molecule is O=C(O)c1c(Oc2ccc3[nH]ccc3c2)cccc1C(F)(F)F. The Kier molecular flexibility index (Phi) is 3.48. The van der Waals surface area contributed by atoms with Crippen molar-refractivity contribution in [2.45, 2.75) is 6.18 Å². The van der Waals surface area contributed by atoms with E-state index in [1.54, 1.807) is 30.5 Å². The number of aromatic carboxylic acids is 1. The molecule has 2 aromatic carbocycles. The fourth-order valence-electron chi connectivity index (χ4n) is 2.29. The summed E-state index contributed by atoms with van der Waals surface area (Å²) in [5.41, 5.74) is -1.32. The van der Waals surface area contributed by atoms with E-state index in [1.807, 2.05) is 0 Å². The smallest absolute Gasteiger partial charge is 0.417 e. The minimum absolute atomic E-state index is 0.249. The molecule has 4 nitrogen and oxygen atoms in total. The number of ether oxygens (including phenoxy) is 1. The fraction of sp³-hybridized carbons (Fsp3) is 0.0625. The van der Waals surface area contributed by atoms with Crippen molar-refractivity contribution in [3.63, 3.8) is 0 Å². The van der Waals surface area contributed by atoms with Crippen molar-refractivity contribution >= 4 is 16.9 Å². The van der Waals surface area contributed by atoms with Gasteiger partial charge in [-0.3, -0.25) is 0 Å². The van der Waals surface area contributed by atoms with Gasteiger partial charge in [0.05, 0.1) is 5.56 Å². The lowest BCUT2D eigenvalue weighted by atomic mass is 10.1. The third kappa shape index (κ3) is 2.85. The van der Waals surface area contributed by atoms with Gasteiger partial charge in [-0.05, 0) is 36.4 Å². The molecule has 7 heteroatoms. The summed E-state index contributed by atoms with van der Waals surface area (Å²) in [6.45, 7) is 0. The van der Waals surface area contributed by atoms with Crippen LogP contribution < -0.4 is 4.74 Å². The highest BCUT2D eigenvalue weighted by Gasteiger charge is 2.37. The van der Waals surface area contributed by atoms with Crippen LogP contribution in [0.2, 0.25) is 0 Å². The van der Waals surface area contributed by atoms with Crippen molar-refractivity contribution in [3.8, 4) is 11.5 Å². The number of nitrogens with one attached hydrogen (secondary N) is 1. The molecule has 0 radical (unpaired) electrons. The van der Waals surface area contributed by atoms with Gasteiger partial charge in [-0.15, -0.1) is 0 Å². The number of aromatic nitrogens is 1. The predicted molar refractivity (Wildman–Crippen MR) is 76.8 cm³/mol. The number of benzene rings is 2. The van der Waals surface area contributed by atoms with E-state index in [0.29, 0.717) is 6.07 Å². The van der Waals surface area contributed by atoms with E-state index < -0.39 is 23.3 Å². The van der Waals surface area contributed by atoms with Crippen molar-refractivity contribution in [2.75, 3.05) is 0 Å². The maximum atomic E-state index is 13.0. The second-order valence-corrected chi connectivity index (χ2v) is 4.81. The highest BCUT2D eigenvalue weighted by molar-refractivity contribution is 5.93. The average molecular weight is 321 g/mol. The van der Waals surface area contributed by atoms with Crippen LogP contribution in [-0.4, -0.2) is 16.1 Å². The van der Waals surface area contributed by atoms with Crippen LogP contribution in [0.3, 0.4) is 0 Å². The van der Waals surface area contributed by atoms with Gasteiger partial charge in [0, 0.05) is 17.1 Å². The number of rotatable bonds is 3. The molecule has 3 rings (SSSR count). The molecular formula is C16H10F3NO3. The Morgan fingerprint density at radius 2 is 1.91 bits per heavy atom. The summed E-state index contributed by atoms with van der Waals surface area (Å²) in [7, 11) is 0. The summed E-state index contributed by atoms with van der Waals surface area (Å²) in [5.74, 6) is -1.81. The topological polar surface area (TPSA) is 62.3 Å². The minimum Gasteiger partial charge on any atom is -0.478 e. The first-order chi connectivity index (χ1) is 10.9. The Hall–Kier alpha value is -2.96. The van der Waals surface area contributed by atoms with Crippen LogP contribution >= 0.6 is 0 Å². The zero-order valence-corrected chi connectivity index (χ0v) is 11.5. The standard InChI is InChI=1S/C16H10F3NO3/c17-16(18,19)11-2-1-3-13(14(11)15(21)22)23-10-4-5-12-9(8-10)6-7-20-12/h1-8,20H,(H,21,22). The second-order valence-electron chi connectivity index (χ2n) is 4.81. The molecular weight excluding hydrogens is 311 g/mol. The third-order valence-corrected chi connectivity index (χ3v) is 3.30. The summed E-state index contributed by atoms with van der Waals surface area (Å²) >= 11 is 0. The van der Waals surface area contributed by atoms with E-state index >= 15 is 0 Å². The van der Waals surface area contributed by atoms with Crippen LogP contribution in [0.5, 0.6) is 11.5 Å². The first-order valence-electron chi connectivity index (χ1n) is 6.55. The average Bonchev–Trinajstić information content (AvgIpc) is 2.93. The number of hydrogen-bond donors (Lipinski definition) is 2. The summed E-state index contributed by atoms with van der Waals surface area (Å²) in [6, 6.07) is 9.64. The summed E-state index contributed by atoms with van der Waals surface area (Å²) in [4.78, 5) is 14.2. The van der Waals surface area contributed by atoms with Gasteiger partial charge in [0.15, 0.2) is 0 Å². The zero-order chi connectivity index (χ0) is 16.6. The Balaban J connectivity index is 2.07. The lowest BCUT2D eigenvalue weighted by Crippen LogP contribution is -2.13. The van der Waals surface area contributed by atoms with Gasteiger partial charge in [0.2, 0.25) is 0 Å². The number of carbonyl (C=O) groups is 1. The van der Waals surface area contributed by atoms with E-state index in [-0.39, 0.29) is 11.5 Å². The van der Waals surface area contributed by atoms with Crippen LogP contribution in [-0.2, 0) is 6.18 Å². The Bertz CT molecular complexity index is 884. The number of halogens is 3. The number of alkyl halides is 3. The van der Waals surface area contributed by atoms with Crippen LogP contribution in [0, 0.1) is 0 Å². The Labute approximate surface area is 128 Å². The molecule has 0 fully saturated rings. The number of aromatic amines is 1. The largest absolute Gasteiger partial charge is 0.478 e. The second kappa shape index (κ2) is 5.35. The van der Waals surface area contributed by atoms with Gasteiger partial charge < -0.3 is 14.8 Å². The molecule has 0 amide bonds. The highest BCUT2D eigenvalue weighted by Crippen LogP contribution is 2.37. The van der Waals surface area contributed by atoms with Gasteiger partial charge in [-0.2, -0.15) is 13.2 Å². The molecule has 3 aromatic rings. The molecule has 1 aromatic heterocycles. The quantitative estimate of drug-likeness (QED) is 0.736. The van der Waals surface area contributed by atoms with Crippen LogP contribution in [0.4, 0.5) is 13.2 Å². The first kappa shape index (κ1) is 15.0. The molecule has 0 atom stereocenters. The molecule has 0 aliphatic carbocycles. The number of H-pyrrole nitrogens is 1. The molecule has 118 valence electrons. The monoisotopic (exact) mass is 321 g/mol. The number of fused-ring (bicyclic) bond motifs is 1. The van der Waals surface area contributed by atoms with E-state index in [1.165, 1.54) is 6.07 Å². The lowest BCUT2D eigenvalue weighted by molar-refractivity contribution is -0.138. The zero-order valence-electron chi connectivity index (χ0n) is 11.5. The van der Waals surface area contributed by atoms with Gasteiger partial charge in [0.25, 0.3) is 0 Å². The number of hydrogen-bond acceptors (Lipinski definition) is 2. The molecule has 0 saturated carbocycles. The molecule has 23 heavy (non-hydrogen) atoms. The van der Waals surface area contributed by atoms with E-state index in [2.05, 4.69) is 4.98 Å². The van der Waals surface area contributed by atoms with Crippen LogP contribution in [0.1, 0.15) is 15.9 Å². The molecule has 2 N–H and O–H groups in total. The molecule has 0 aliphatic rings. The van der Waals surface area contributed by atoms with Gasteiger partial charge in [-0.1, -0.05) is 6.07 Å². The van der Waals surface area contributed by atoms with Crippen molar-refractivity contribution in [2.24, 2.45) is 0 Å². The van der Waals surface area contributed by atoms with Crippen LogP contribution in [0.25, 0.3) is 10.9 Å². The normalized spacial score (nSPS) is 11.6. The minimum atomic E-state index is -4.78. The van der Waals surface area contributed by atoms with E-state index in [4.69, 9.17) is 9.84 Å². The van der Waals surface area contributed by atoms with E-state index in [9.17, 15) is 18.0 Å². The number of carboxylic acid groups (broad SMARTS) is 1. The molecule has 0 saturated heterocycles. The van der Waals surface area contributed by atoms with Crippen molar-refractivity contribution < 1.29 is 27.8 Å². The molecule has 0 spiro atoms. The highest BCUT2D eigenvalue weighted by atomic mass is 19.4. The van der Waals surface area contributed by atoms with Crippen molar-refractivity contribution in [3.05, 3.63) is 59.8 Å². The lowest BCUT2D eigenvalue weighted by Gasteiger charge is -2.14. The Morgan fingerprint density at radius 1 is 1.13 bits per heavy atom. The summed E-state index contributed by atoms with van der Waals surface area (Å²) in [6.07, 6.45) is -3.07. The fourth-order valence-corrected chi connectivity index (χ4v) is 2.29. The van der Waals surface area contributed by atoms with E-state index in [0.717, 1.165) is 17.0 Å². The molecule has 0 aliphatic heterocycles. The maximum absolute atomic E-state index is 13.0. The molecule has 1 heterocycles. The van der Waals surface area contributed by atoms with Crippen molar-refractivity contribution in [1.29, 1.82) is 0 Å². The number of carboxylic acids is 1. The molecule has 0 unspecified atom stereocenters. The summed E-state index contributed by atoms with van der Waals surface area (Å²) in [5, 5.41) is 9.94. The van der Waals surface area contributed by atoms with Gasteiger partial charge >= 0.3 is 12.1 Å². The summed E-state index contributed by atoms with van der Waals surface area (Å²) < 4.78 is 44.3. The van der Waals surface area contributed by atoms with Crippen molar-refractivity contribution in [1.82, 2.24) is 4.98 Å².